The fourth-order valence-corrected chi connectivity index (χ4v) is 3.14. The number of hydrogen-bond donors (Lipinski definition) is 1. The lowest BCUT2D eigenvalue weighted by Crippen LogP contribution is -2.43. The molecule has 2 saturated heterocycles. The van der Waals surface area contributed by atoms with E-state index < -0.39 is 0 Å². The lowest BCUT2D eigenvalue weighted by Gasteiger charge is -2.33. The number of anilines is 1. The molecule has 0 spiro atoms. The van der Waals surface area contributed by atoms with Crippen LogP contribution >= 0.6 is 0 Å². The lowest BCUT2D eigenvalue weighted by molar-refractivity contribution is -0.134. The highest BCUT2D eigenvalue weighted by molar-refractivity contribution is 5.76. The van der Waals surface area contributed by atoms with Crippen LogP contribution in [0.15, 0.2) is 12.4 Å². The van der Waals surface area contributed by atoms with Crippen LogP contribution in [0.3, 0.4) is 0 Å². The Morgan fingerprint density at radius 3 is 2.91 bits per heavy atom. The molecule has 0 aromatic carbocycles. The number of carbonyl (C=O) groups is 1. The van der Waals surface area contributed by atoms with Gasteiger partial charge in [-0.15, -0.1) is 0 Å². The minimum absolute atomic E-state index is 0.131. The van der Waals surface area contributed by atoms with Gasteiger partial charge in [0.05, 0.1) is 19.6 Å². The van der Waals surface area contributed by atoms with E-state index in [1.165, 1.54) is 6.33 Å². The second-order valence-corrected chi connectivity index (χ2v) is 6.08. The molecule has 3 rings (SSSR count). The number of ether oxygens (including phenoxy) is 2. The van der Waals surface area contributed by atoms with Gasteiger partial charge in [-0.3, -0.25) is 4.79 Å². The minimum Gasteiger partial charge on any atom is -0.481 e. The first-order valence-corrected chi connectivity index (χ1v) is 8.26. The van der Waals surface area contributed by atoms with E-state index in [4.69, 9.17) is 9.47 Å². The third-order valence-corrected chi connectivity index (χ3v) is 4.48. The normalized spacial score (nSPS) is 22.1. The number of piperidine rings is 1. The molecule has 2 fully saturated rings. The molecule has 0 radical (unpaired) electrons. The number of amides is 1. The Labute approximate surface area is 136 Å². The SMILES string of the molecule is COc1cc(NC2CCN(C(=O)CC3CCCO3)CC2)ncn1. The van der Waals surface area contributed by atoms with E-state index in [0.717, 1.165) is 51.2 Å². The van der Waals surface area contributed by atoms with Crippen LogP contribution in [-0.4, -0.2) is 59.7 Å². The maximum atomic E-state index is 12.3. The van der Waals surface area contributed by atoms with E-state index >= 15 is 0 Å². The third kappa shape index (κ3) is 4.31. The topological polar surface area (TPSA) is 76.6 Å². The van der Waals surface area contributed by atoms with Gasteiger partial charge in [0.15, 0.2) is 0 Å². The van der Waals surface area contributed by atoms with Crippen molar-refractivity contribution in [1.29, 1.82) is 0 Å². The van der Waals surface area contributed by atoms with E-state index in [2.05, 4.69) is 15.3 Å². The number of rotatable bonds is 5. The summed E-state index contributed by atoms with van der Waals surface area (Å²) in [5.41, 5.74) is 0. The summed E-state index contributed by atoms with van der Waals surface area (Å²) >= 11 is 0. The number of nitrogens with one attached hydrogen (secondary N) is 1. The summed E-state index contributed by atoms with van der Waals surface area (Å²) < 4.78 is 10.7. The molecule has 1 aromatic heterocycles. The number of methoxy groups -OCH3 is 1. The van der Waals surface area contributed by atoms with Crippen molar-refractivity contribution in [3.8, 4) is 5.88 Å². The Kier molecular flexibility index (Phi) is 5.27. The highest BCUT2D eigenvalue weighted by Gasteiger charge is 2.26. The maximum absolute atomic E-state index is 12.3. The Bertz CT molecular complexity index is 526. The average molecular weight is 320 g/mol. The Hall–Kier alpha value is -1.89. The predicted molar refractivity (Wildman–Crippen MR) is 85.4 cm³/mol. The van der Waals surface area contributed by atoms with E-state index in [1.54, 1.807) is 13.2 Å². The smallest absolute Gasteiger partial charge is 0.225 e. The Morgan fingerprint density at radius 2 is 2.22 bits per heavy atom. The highest BCUT2D eigenvalue weighted by atomic mass is 16.5. The van der Waals surface area contributed by atoms with Gasteiger partial charge >= 0.3 is 0 Å². The fourth-order valence-electron chi connectivity index (χ4n) is 3.14. The van der Waals surface area contributed by atoms with Gasteiger partial charge in [0.1, 0.15) is 12.1 Å². The quantitative estimate of drug-likeness (QED) is 0.885. The number of aromatic nitrogens is 2. The molecule has 0 bridgehead atoms. The van der Waals surface area contributed by atoms with Crippen LogP contribution in [0.2, 0.25) is 0 Å². The highest BCUT2D eigenvalue weighted by Crippen LogP contribution is 2.20. The number of carbonyl (C=O) groups excluding carboxylic acids is 1. The molecule has 3 heterocycles. The van der Waals surface area contributed by atoms with Gasteiger partial charge < -0.3 is 19.7 Å². The first kappa shape index (κ1) is 16.0. The molecule has 7 heteroatoms. The molecular weight excluding hydrogens is 296 g/mol. The Morgan fingerprint density at radius 1 is 1.39 bits per heavy atom. The Balaban J connectivity index is 1.45. The predicted octanol–water partition coefficient (Wildman–Crippen LogP) is 1.46. The van der Waals surface area contributed by atoms with Gasteiger partial charge in [-0.2, -0.15) is 0 Å². The molecule has 1 amide bonds. The summed E-state index contributed by atoms with van der Waals surface area (Å²) in [6.45, 7) is 2.36. The lowest BCUT2D eigenvalue weighted by atomic mass is 10.0. The van der Waals surface area contributed by atoms with Crippen LogP contribution in [0.1, 0.15) is 32.1 Å². The number of hydrogen-bond acceptors (Lipinski definition) is 6. The minimum atomic E-state index is 0.131. The van der Waals surface area contributed by atoms with Crippen molar-refractivity contribution >= 4 is 11.7 Å². The van der Waals surface area contributed by atoms with Crippen LogP contribution in [-0.2, 0) is 9.53 Å². The summed E-state index contributed by atoms with van der Waals surface area (Å²) in [4.78, 5) is 22.5. The molecule has 7 nitrogen and oxygen atoms in total. The fraction of sp³-hybridized carbons (Fsp3) is 0.688. The van der Waals surface area contributed by atoms with Crippen molar-refractivity contribution in [1.82, 2.24) is 14.9 Å². The van der Waals surface area contributed by atoms with Crippen molar-refractivity contribution in [2.24, 2.45) is 0 Å². The van der Waals surface area contributed by atoms with Crippen molar-refractivity contribution in [3.63, 3.8) is 0 Å². The van der Waals surface area contributed by atoms with Crippen LogP contribution in [0.25, 0.3) is 0 Å². The summed E-state index contributed by atoms with van der Waals surface area (Å²) in [7, 11) is 1.59. The zero-order valence-corrected chi connectivity index (χ0v) is 13.5. The van der Waals surface area contributed by atoms with Gasteiger partial charge in [-0.05, 0) is 25.7 Å². The maximum Gasteiger partial charge on any atom is 0.225 e. The van der Waals surface area contributed by atoms with E-state index in [0.29, 0.717) is 18.3 Å². The molecule has 1 N–H and O–H groups in total. The van der Waals surface area contributed by atoms with Crippen molar-refractivity contribution in [2.45, 2.75) is 44.2 Å². The molecular formula is C16H24N4O3. The molecule has 0 saturated carbocycles. The van der Waals surface area contributed by atoms with E-state index in [1.807, 2.05) is 4.90 Å². The summed E-state index contributed by atoms with van der Waals surface area (Å²) in [5, 5.41) is 3.39. The van der Waals surface area contributed by atoms with Crippen LogP contribution < -0.4 is 10.1 Å². The molecule has 126 valence electrons. The zero-order valence-electron chi connectivity index (χ0n) is 13.5. The molecule has 0 aliphatic carbocycles. The second kappa shape index (κ2) is 7.59. The number of likely N-dealkylation sites (tertiary alicyclic amines) is 1. The van der Waals surface area contributed by atoms with Crippen LogP contribution in [0, 0.1) is 0 Å². The molecule has 2 aliphatic rings. The van der Waals surface area contributed by atoms with Gasteiger partial charge in [0.2, 0.25) is 11.8 Å². The zero-order chi connectivity index (χ0) is 16.1. The van der Waals surface area contributed by atoms with E-state index in [9.17, 15) is 4.79 Å². The first-order chi connectivity index (χ1) is 11.2. The van der Waals surface area contributed by atoms with Gasteiger partial charge in [-0.1, -0.05) is 0 Å². The molecule has 2 aliphatic heterocycles. The molecule has 1 aromatic rings. The molecule has 23 heavy (non-hydrogen) atoms. The summed E-state index contributed by atoms with van der Waals surface area (Å²) in [6.07, 6.45) is 6.08. The monoisotopic (exact) mass is 320 g/mol. The second-order valence-electron chi connectivity index (χ2n) is 6.08. The number of nitrogens with zero attached hydrogens (tertiary/aromatic N) is 3. The largest absolute Gasteiger partial charge is 0.481 e. The molecule has 1 unspecified atom stereocenters. The third-order valence-electron chi connectivity index (χ3n) is 4.48. The van der Waals surface area contributed by atoms with Crippen LogP contribution in [0.5, 0.6) is 5.88 Å². The van der Waals surface area contributed by atoms with Crippen molar-refractivity contribution < 1.29 is 14.3 Å². The summed E-state index contributed by atoms with van der Waals surface area (Å²) in [5.74, 6) is 1.53. The molecule has 1 atom stereocenters. The van der Waals surface area contributed by atoms with Crippen molar-refractivity contribution in [2.75, 3.05) is 32.1 Å². The van der Waals surface area contributed by atoms with Gasteiger partial charge in [-0.25, -0.2) is 9.97 Å². The van der Waals surface area contributed by atoms with Crippen LogP contribution in [0.4, 0.5) is 5.82 Å². The average Bonchev–Trinajstić information content (AvgIpc) is 3.08. The standard InChI is InChI=1S/C16H24N4O3/c1-22-15-10-14(17-11-18-15)19-12-4-6-20(7-5-12)16(21)9-13-3-2-8-23-13/h10-13H,2-9H2,1H3,(H,17,18,19). The van der Waals surface area contributed by atoms with E-state index in [-0.39, 0.29) is 12.0 Å². The van der Waals surface area contributed by atoms with Crippen molar-refractivity contribution in [3.05, 3.63) is 12.4 Å². The van der Waals surface area contributed by atoms with Gasteiger partial charge in [0.25, 0.3) is 0 Å². The van der Waals surface area contributed by atoms with Gasteiger partial charge in [0, 0.05) is 31.8 Å². The summed E-state index contributed by atoms with van der Waals surface area (Å²) in [6, 6.07) is 2.11. The first-order valence-electron chi connectivity index (χ1n) is 8.26.